The van der Waals surface area contributed by atoms with Crippen molar-refractivity contribution in [2.24, 2.45) is 0 Å². The molecular formula is C10H11FN2O5. The van der Waals surface area contributed by atoms with Crippen molar-refractivity contribution in [1.82, 2.24) is 4.98 Å². The number of nitro groups is 1. The SMILES string of the molecule is CCOC(=O)C(F)c1nc(OC)ccc1[N+](=O)[O-]. The number of carbonyl (C=O) groups is 1. The summed E-state index contributed by atoms with van der Waals surface area (Å²) in [6, 6.07) is 2.23. The lowest BCUT2D eigenvalue weighted by atomic mass is 10.2. The molecule has 18 heavy (non-hydrogen) atoms. The molecule has 8 heteroatoms. The van der Waals surface area contributed by atoms with Gasteiger partial charge in [-0.05, 0) is 6.92 Å². The number of hydrogen-bond donors (Lipinski definition) is 0. The van der Waals surface area contributed by atoms with Crippen molar-refractivity contribution >= 4 is 11.7 Å². The van der Waals surface area contributed by atoms with Crippen molar-refractivity contribution in [3.8, 4) is 5.88 Å². The van der Waals surface area contributed by atoms with E-state index in [0.717, 1.165) is 6.07 Å². The molecule has 1 aromatic rings. The molecule has 1 atom stereocenters. The minimum Gasteiger partial charge on any atom is -0.481 e. The zero-order chi connectivity index (χ0) is 13.7. The average molecular weight is 258 g/mol. The molecule has 7 nitrogen and oxygen atoms in total. The summed E-state index contributed by atoms with van der Waals surface area (Å²) >= 11 is 0. The molecule has 0 spiro atoms. The number of pyridine rings is 1. The fourth-order valence-corrected chi connectivity index (χ4v) is 1.23. The molecule has 0 saturated heterocycles. The van der Waals surface area contributed by atoms with E-state index in [9.17, 15) is 19.3 Å². The standard InChI is InChI=1S/C10H11FN2O5/c1-3-18-10(14)8(11)9-6(13(15)16)4-5-7(12-9)17-2/h4-5,8H,3H2,1-2H3. The van der Waals surface area contributed by atoms with Crippen LogP contribution < -0.4 is 4.74 Å². The van der Waals surface area contributed by atoms with Crippen LogP contribution in [0, 0.1) is 10.1 Å². The maximum absolute atomic E-state index is 13.8. The van der Waals surface area contributed by atoms with Crippen molar-refractivity contribution in [2.75, 3.05) is 13.7 Å². The van der Waals surface area contributed by atoms with E-state index in [1.54, 1.807) is 0 Å². The van der Waals surface area contributed by atoms with Crippen molar-refractivity contribution in [3.63, 3.8) is 0 Å². The van der Waals surface area contributed by atoms with Gasteiger partial charge in [-0.3, -0.25) is 10.1 Å². The third-order valence-corrected chi connectivity index (χ3v) is 2.02. The van der Waals surface area contributed by atoms with Crippen LogP contribution in [-0.2, 0) is 9.53 Å². The number of ether oxygens (including phenoxy) is 2. The summed E-state index contributed by atoms with van der Waals surface area (Å²) in [5.74, 6) is -1.25. The van der Waals surface area contributed by atoms with E-state index in [4.69, 9.17) is 4.74 Å². The van der Waals surface area contributed by atoms with Gasteiger partial charge in [0.25, 0.3) is 5.69 Å². The van der Waals surface area contributed by atoms with Gasteiger partial charge < -0.3 is 9.47 Å². The monoisotopic (exact) mass is 258 g/mol. The Hall–Kier alpha value is -2.25. The normalized spacial score (nSPS) is 11.7. The number of hydrogen-bond acceptors (Lipinski definition) is 6. The summed E-state index contributed by atoms with van der Waals surface area (Å²) < 4.78 is 22.9. The third-order valence-electron chi connectivity index (χ3n) is 2.02. The topological polar surface area (TPSA) is 91.6 Å². The lowest BCUT2D eigenvalue weighted by Crippen LogP contribution is -2.15. The number of aromatic nitrogens is 1. The zero-order valence-electron chi connectivity index (χ0n) is 9.75. The van der Waals surface area contributed by atoms with E-state index in [1.165, 1.54) is 20.1 Å². The largest absolute Gasteiger partial charge is 0.481 e. The lowest BCUT2D eigenvalue weighted by Gasteiger charge is -2.08. The van der Waals surface area contributed by atoms with Crippen LogP contribution in [0.3, 0.4) is 0 Å². The van der Waals surface area contributed by atoms with Gasteiger partial charge in [-0.25, -0.2) is 14.2 Å². The van der Waals surface area contributed by atoms with Crippen molar-refractivity contribution in [3.05, 3.63) is 27.9 Å². The Morgan fingerprint density at radius 1 is 1.61 bits per heavy atom. The van der Waals surface area contributed by atoms with Crippen molar-refractivity contribution in [1.29, 1.82) is 0 Å². The first-order chi connectivity index (χ1) is 8.51. The second-order valence-electron chi connectivity index (χ2n) is 3.13. The van der Waals surface area contributed by atoms with E-state index in [0.29, 0.717) is 0 Å². The number of halogens is 1. The van der Waals surface area contributed by atoms with Crippen LogP contribution in [0.5, 0.6) is 5.88 Å². The summed E-state index contributed by atoms with van der Waals surface area (Å²) in [7, 11) is 1.27. The van der Waals surface area contributed by atoms with Crippen LogP contribution in [0.4, 0.5) is 10.1 Å². The van der Waals surface area contributed by atoms with Crippen LogP contribution in [0.1, 0.15) is 18.8 Å². The van der Waals surface area contributed by atoms with Crippen LogP contribution in [0.2, 0.25) is 0 Å². The highest BCUT2D eigenvalue weighted by atomic mass is 19.1. The number of alkyl halides is 1. The summed E-state index contributed by atoms with van der Waals surface area (Å²) in [4.78, 5) is 24.7. The Balaban J connectivity index is 3.18. The molecule has 0 amide bonds. The average Bonchev–Trinajstić information content (AvgIpc) is 2.37. The Morgan fingerprint density at radius 2 is 2.28 bits per heavy atom. The second-order valence-corrected chi connectivity index (χ2v) is 3.13. The minimum atomic E-state index is -2.32. The highest BCUT2D eigenvalue weighted by Crippen LogP contribution is 2.28. The molecule has 1 unspecified atom stereocenters. The Morgan fingerprint density at radius 3 is 2.78 bits per heavy atom. The van der Waals surface area contributed by atoms with Crippen LogP contribution in [0.25, 0.3) is 0 Å². The molecule has 0 aromatic carbocycles. The molecule has 0 bridgehead atoms. The predicted octanol–water partition coefficient (Wildman–Crippen LogP) is 1.57. The van der Waals surface area contributed by atoms with Gasteiger partial charge in [-0.2, -0.15) is 0 Å². The van der Waals surface area contributed by atoms with Crippen LogP contribution in [-0.4, -0.2) is 29.6 Å². The second kappa shape index (κ2) is 5.89. The van der Waals surface area contributed by atoms with Gasteiger partial charge in [-0.1, -0.05) is 0 Å². The minimum absolute atomic E-state index is 0.0254. The molecule has 0 fully saturated rings. The van der Waals surface area contributed by atoms with E-state index < -0.39 is 28.4 Å². The maximum Gasteiger partial charge on any atom is 0.347 e. The summed E-state index contributed by atoms with van der Waals surface area (Å²) in [6.45, 7) is 1.47. The summed E-state index contributed by atoms with van der Waals surface area (Å²) in [6.07, 6.45) is -2.32. The van der Waals surface area contributed by atoms with Gasteiger partial charge in [0, 0.05) is 12.1 Å². The summed E-state index contributed by atoms with van der Waals surface area (Å²) in [5, 5.41) is 10.7. The molecule has 1 aromatic heterocycles. The van der Waals surface area contributed by atoms with E-state index in [2.05, 4.69) is 9.72 Å². The molecule has 0 aliphatic carbocycles. The number of rotatable bonds is 5. The van der Waals surface area contributed by atoms with Gasteiger partial charge in [0.1, 0.15) is 0 Å². The number of nitrogens with zero attached hydrogens (tertiary/aromatic N) is 2. The van der Waals surface area contributed by atoms with Crippen LogP contribution >= 0.6 is 0 Å². The molecule has 0 N–H and O–H groups in total. The lowest BCUT2D eigenvalue weighted by molar-refractivity contribution is -0.386. The first-order valence-corrected chi connectivity index (χ1v) is 5.01. The fraction of sp³-hybridized carbons (Fsp3) is 0.400. The van der Waals surface area contributed by atoms with E-state index in [1.807, 2.05) is 0 Å². The molecule has 1 heterocycles. The molecular weight excluding hydrogens is 247 g/mol. The predicted molar refractivity (Wildman–Crippen MR) is 57.9 cm³/mol. The van der Waals surface area contributed by atoms with Gasteiger partial charge in [0.2, 0.25) is 12.1 Å². The van der Waals surface area contributed by atoms with Gasteiger partial charge in [0.15, 0.2) is 5.69 Å². The third kappa shape index (κ3) is 2.90. The van der Waals surface area contributed by atoms with E-state index >= 15 is 0 Å². The number of carbonyl (C=O) groups excluding carboxylic acids is 1. The molecule has 0 aliphatic rings. The highest BCUT2D eigenvalue weighted by molar-refractivity contribution is 5.77. The Labute approximate surface area is 102 Å². The number of esters is 1. The molecule has 1 rings (SSSR count). The smallest absolute Gasteiger partial charge is 0.347 e. The number of methoxy groups -OCH3 is 1. The molecule has 0 radical (unpaired) electrons. The quantitative estimate of drug-likeness (QED) is 0.452. The van der Waals surface area contributed by atoms with Gasteiger partial charge >= 0.3 is 5.97 Å². The Kier molecular flexibility index (Phi) is 4.52. The Bertz CT molecular complexity index is 466. The summed E-state index contributed by atoms with van der Waals surface area (Å²) in [5.41, 5.74) is -1.23. The fourth-order valence-electron chi connectivity index (χ4n) is 1.23. The van der Waals surface area contributed by atoms with Gasteiger partial charge in [0.05, 0.1) is 18.6 Å². The first-order valence-electron chi connectivity index (χ1n) is 5.01. The molecule has 0 saturated carbocycles. The maximum atomic E-state index is 13.8. The van der Waals surface area contributed by atoms with Crippen molar-refractivity contribution in [2.45, 2.75) is 13.1 Å². The first kappa shape index (κ1) is 13.8. The van der Waals surface area contributed by atoms with E-state index in [-0.39, 0.29) is 12.5 Å². The zero-order valence-corrected chi connectivity index (χ0v) is 9.75. The highest BCUT2D eigenvalue weighted by Gasteiger charge is 2.31. The molecule has 0 aliphatic heterocycles. The van der Waals surface area contributed by atoms with Crippen molar-refractivity contribution < 1.29 is 23.6 Å². The van der Waals surface area contributed by atoms with Crippen LogP contribution in [0.15, 0.2) is 12.1 Å². The molecule has 98 valence electrons. The van der Waals surface area contributed by atoms with Gasteiger partial charge in [-0.15, -0.1) is 0 Å².